The topological polar surface area (TPSA) is 65.1 Å². The zero-order chi connectivity index (χ0) is 15.5. The number of carbonyl (C=O) groups excluding carboxylic acids is 1. The number of aryl methyl sites for hydroxylation is 1. The van der Waals surface area contributed by atoms with Crippen molar-refractivity contribution < 1.29 is 4.79 Å². The predicted molar refractivity (Wildman–Crippen MR) is 84.3 cm³/mol. The van der Waals surface area contributed by atoms with Crippen molar-refractivity contribution in [1.29, 1.82) is 0 Å². The number of carbonyl (C=O) groups is 1. The molecule has 22 heavy (non-hydrogen) atoms. The Morgan fingerprint density at radius 3 is 2.73 bits per heavy atom. The molecule has 2 aliphatic rings. The normalized spacial score (nSPS) is 24.1. The van der Waals surface area contributed by atoms with Crippen LogP contribution in [0.4, 0.5) is 0 Å². The Kier molecular flexibility index (Phi) is 4.76. The van der Waals surface area contributed by atoms with Gasteiger partial charge >= 0.3 is 0 Å². The van der Waals surface area contributed by atoms with Crippen LogP contribution < -0.4 is 0 Å². The standard InChI is InChI=1S/C16H27N5O/c1-12-5-9-21(10-6-12)15(22)7-11-20-8-3-4-14(20)16-17-13(2)18-19-16/h12,14H,3-11H2,1-2H3,(H,17,18,19). The van der Waals surface area contributed by atoms with Crippen molar-refractivity contribution in [2.75, 3.05) is 26.2 Å². The van der Waals surface area contributed by atoms with Gasteiger partial charge in [-0.2, -0.15) is 5.10 Å². The van der Waals surface area contributed by atoms with Gasteiger partial charge in [0.2, 0.25) is 5.91 Å². The first-order valence-electron chi connectivity index (χ1n) is 8.54. The van der Waals surface area contributed by atoms with E-state index in [-0.39, 0.29) is 6.04 Å². The largest absolute Gasteiger partial charge is 0.343 e. The second-order valence-corrected chi connectivity index (χ2v) is 6.79. The number of aromatic nitrogens is 3. The fraction of sp³-hybridized carbons (Fsp3) is 0.812. The Bertz CT molecular complexity index is 506. The van der Waals surface area contributed by atoms with Crippen LogP contribution in [0.1, 0.15) is 56.7 Å². The number of nitrogens with one attached hydrogen (secondary N) is 1. The third kappa shape index (κ3) is 3.48. The third-order valence-corrected chi connectivity index (χ3v) is 5.03. The highest BCUT2D eigenvalue weighted by Crippen LogP contribution is 2.29. The number of nitrogens with zero attached hydrogens (tertiary/aromatic N) is 4. The smallest absolute Gasteiger partial charge is 0.223 e. The Balaban J connectivity index is 1.51. The summed E-state index contributed by atoms with van der Waals surface area (Å²) in [6, 6.07) is 0.277. The van der Waals surface area contributed by atoms with Crippen LogP contribution in [-0.2, 0) is 4.79 Å². The molecule has 2 fully saturated rings. The lowest BCUT2D eigenvalue weighted by Crippen LogP contribution is -2.39. The third-order valence-electron chi connectivity index (χ3n) is 5.03. The molecule has 2 aliphatic heterocycles. The van der Waals surface area contributed by atoms with Crippen LogP contribution in [0.15, 0.2) is 0 Å². The first-order valence-corrected chi connectivity index (χ1v) is 8.54. The molecule has 1 aromatic rings. The Morgan fingerprint density at radius 2 is 2.05 bits per heavy atom. The number of piperidine rings is 1. The van der Waals surface area contributed by atoms with Gasteiger partial charge in [0.1, 0.15) is 5.82 Å². The summed E-state index contributed by atoms with van der Waals surface area (Å²) >= 11 is 0. The number of hydrogen-bond acceptors (Lipinski definition) is 4. The van der Waals surface area contributed by atoms with Gasteiger partial charge in [-0.25, -0.2) is 4.98 Å². The number of rotatable bonds is 4. The average Bonchev–Trinajstić information content (AvgIpc) is 3.14. The molecule has 3 heterocycles. The number of amides is 1. The molecular formula is C16H27N5O. The van der Waals surface area contributed by atoms with Crippen LogP contribution in [0.2, 0.25) is 0 Å². The predicted octanol–water partition coefficient (Wildman–Crippen LogP) is 1.90. The van der Waals surface area contributed by atoms with Crippen molar-refractivity contribution >= 4 is 5.91 Å². The molecule has 122 valence electrons. The molecule has 6 heteroatoms. The van der Waals surface area contributed by atoms with Crippen LogP contribution in [0.3, 0.4) is 0 Å². The highest BCUT2D eigenvalue weighted by Gasteiger charge is 2.30. The zero-order valence-corrected chi connectivity index (χ0v) is 13.7. The lowest BCUT2D eigenvalue weighted by atomic mass is 9.99. The van der Waals surface area contributed by atoms with E-state index in [9.17, 15) is 4.79 Å². The van der Waals surface area contributed by atoms with Gasteiger partial charge in [-0.15, -0.1) is 0 Å². The summed E-state index contributed by atoms with van der Waals surface area (Å²) in [5.74, 6) is 2.82. The van der Waals surface area contributed by atoms with Gasteiger partial charge in [0.15, 0.2) is 5.82 Å². The quantitative estimate of drug-likeness (QED) is 0.922. The molecule has 0 aromatic carbocycles. The van der Waals surface area contributed by atoms with E-state index in [1.54, 1.807) is 0 Å². The minimum atomic E-state index is 0.277. The first kappa shape index (κ1) is 15.5. The van der Waals surface area contributed by atoms with Crippen LogP contribution in [-0.4, -0.2) is 57.1 Å². The molecule has 0 saturated carbocycles. The average molecular weight is 305 g/mol. The zero-order valence-electron chi connectivity index (χ0n) is 13.7. The van der Waals surface area contributed by atoms with E-state index in [2.05, 4.69) is 27.0 Å². The maximum Gasteiger partial charge on any atom is 0.223 e. The molecule has 0 aliphatic carbocycles. The van der Waals surface area contributed by atoms with Crippen molar-refractivity contribution in [1.82, 2.24) is 25.0 Å². The fourth-order valence-electron chi connectivity index (χ4n) is 3.55. The highest BCUT2D eigenvalue weighted by atomic mass is 16.2. The monoisotopic (exact) mass is 305 g/mol. The number of aromatic amines is 1. The van der Waals surface area contributed by atoms with Gasteiger partial charge in [0.25, 0.3) is 0 Å². The lowest BCUT2D eigenvalue weighted by Gasteiger charge is -2.31. The van der Waals surface area contributed by atoms with E-state index in [0.717, 1.165) is 69.4 Å². The van der Waals surface area contributed by atoms with Gasteiger partial charge < -0.3 is 4.90 Å². The maximum absolute atomic E-state index is 12.4. The van der Waals surface area contributed by atoms with E-state index >= 15 is 0 Å². The van der Waals surface area contributed by atoms with E-state index in [0.29, 0.717) is 12.3 Å². The summed E-state index contributed by atoms with van der Waals surface area (Å²) in [4.78, 5) is 21.2. The Morgan fingerprint density at radius 1 is 1.27 bits per heavy atom. The maximum atomic E-state index is 12.4. The molecular weight excluding hydrogens is 278 g/mol. The van der Waals surface area contributed by atoms with E-state index < -0.39 is 0 Å². The lowest BCUT2D eigenvalue weighted by molar-refractivity contribution is -0.132. The second kappa shape index (κ2) is 6.77. The number of likely N-dealkylation sites (tertiary alicyclic amines) is 2. The SMILES string of the molecule is Cc1nc(C2CCCN2CCC(=O)N2CCC(C)CC2)n[nH]1. The van der Waals surface area contributed by atoms with Crippen LogP contribution >= 0.6 is 0 Å². The molecule has 1 aromatic heterocycles. The molecule has 0 spiro atoms. The number of hydrogen-bond donors (Lipinski definition) is 1. The van der Waals surface area contributed by atoms with Crippen molar-refractivity contribution in [3.8, 4) is 0 Å². The van der Waals surface area contributed by atoms with E-state index in [1.807, 2.05) is 11.8 Å². The number of H-pyrrole nitrogens is 1. The van der Waals surface area contributed by atoms with Gasteiger partial charge in [0, 0.05) is 26.1 Å². The molecule has 1 unspecified atom stereocenters. The molecule has 1 N–H and O–H groups in total. The van der Waals surface area contributed by atoms with Crippen LogP contribution in [0, 0.1) is 12.8 Å². The molecule has 2 saturated heterocycles. The van der Waals surface area contributed by atoms with Crippen molar-refractivity contribution in [2.45, 2.75) is 52.0 Å². The molecule has 3 rings (SSSR count). The van der Waals surface area contributed by atoms with Crippen molar-refractivity contribution in [2.24, 2.45) is 5.92 Å². The van der Waals surface area contributed by atoms with Gasteiger partial charge in [-0.1, -0.05) is 6.92 Å². The molecule has 6 nitrogen and oxygen atoms in total. The van der Waals surface area contributed by atoms with Crippen LogP contribution in [0.25, 0.3) is 0 Å². The van der Waals surface area contributed by atoms with Gasteiger partial charge in [-0.05, 0) is 45.1 Å². The Labute approximate surface area is 132 Å². The van der Waals surface area contributed by atoms with Crippen LogP contribution in [0.5, 0.6) is 0 Å². The summed E-state index contributed by atoms with van der Waals surface area (Å²) in [5.41, 5.74) is 0. The summed E-state index contributed by atoms with van der Waals surface area (Å²) < 4.78 is 0. The minimum Gasteiger partial charge on any atom is -0.343 e. The Hall–Kier alpha value is -1.43. The fourth-order valence-corrected chi connectivity index (χ4v) is 3.55. The summed E-state index contributed by atoms with van der Waals surface area (Å²) in [5, 5.41) is 7.22. The van der Waals surface area contributed by atoms with Gasteiger partial charge in [0.05, 0.1) is 6.04 Å². The van der Waals surface area contributed by atoms with Crippen molar-refractivity contribution in [3.05, 3.63) is 11.6 Å². The second-order valence-electron chi connectivity index (χ2n) is 6.79. The molecule has 1 amide bonds. The summed E-state index contributed by atoms with van der Waals surface area (Å²) in [7, 11) is 0. The van der Waals surface area contributed by atoms with E-state index in [4.69, 9.17) is 0 Å². The first-order chi connectivity index (χ1) is 10.6. The molecule has 0 radical (unpaired) electrons. The van der Waals surface area contributed by atoms with Crippen molar-refractivity contribution in [3.63, 3.8) is 0 Å². The molecule has 0 bridgehead atoms. The highest BCUT2D eigenvalue weighted by molar-refractivity contribution is 5.76. The van der Waals surface area contributed by atoms with Gasteiger partial charge in [-0.3, -0.25) is 14.8 Å². The summed E-state index contributed by atoms with van der Waals surface area (Å²) in [6.45, 7) is 7.94. The minimum absolute atomic E-state index is 0.277. The van der Waals surface area contributed by atoms with E-state index in [1.165, 1.54) is 0 Å². The summed E-state index contributed by atoms with van der Waals surface area (Å²) in [6.07, 6.45) is 5.16. The molecule has 1 atom stereocenters.